The van der Waals surface area contributed by atoms with Gasteiger partial charge in [0, 0.05) is 16.6 Å². The average molecular weight is 403 g/mol. The summed E-state index contributed by atoms with van der Waals surface area (Å²) in [4.78, 5) is 17.8. The maximum absolute atomic E-state index is 12.9. The van der Waals surface area contributed by atoms with E-state index < -0.39 is 0 Å². The van der Waals surface area contributed by atoms with Crippen molar-refractivity contribution in [3.8, 4) is 0 Å². The van der Waals surface area contributed by atoms with Crippen molar-refractivity contribution in [3.05, 3.63) is 113 Å². The number of anilines is 1. The van der Waals surface area contributed by atoms with Crippen molar-refractivity contribution >= 4 is 40.0 Å². The number of rotatable bonds is 4. The van der Waals surface area contributed by atoms with E-state index in [1.165, 1.54) is 5.56 Å². The number of amidine groups is 1. The van der Waals surface area contributed by atoms with Gasteiger partial charge in [-0.05, 0) is 48.2 Å². The molecule has 2 N–H and O–H groups in total. The smallest absolute Gasteiger partial charge is 0.255 e. The number of carbonyl (C=O) groups excluding carboxylic acids is 1. The van der Waals surface area contributed by atoms with Crippen LogP contribution in [0.4, 0.5) is 11.4 Å². The van der Waals surface area contributed by atoms with Gasteiger partial charge >= 0.3 is 0 Å². The summed E-state index contributed by atoms with van der Waals surface area (Å²) in [5.41, 5.74) is 5.23. The van der Waals surface area contributed by atoms with Crippen LogP contribution < -0.4 is 10.6 Å². The minimum Gasteiger partial charge on any atom is -0.338 e. The van der Waals surface area contributed by atoms with Crippen LogP contribution in [0.1, 0.15) is 21.5 Å². The number of carbonyl (C=O) groups is 1. The molecule has 4 heteroatoms. The Kier molecular flexibility index (Phi) is 4.81. The zero-order chi connectivity index (χ0) is 21.2. The quantitative estimate of drug-likeness (QED) is 0.434. The molecule has 4 aromatic carbocycles. The minimum absolute atomic E-state index is 0.180. The highest BCUT2D eigenvalue weighted by Gasteiger charge is 2.19. The van der Waals surface area contributed by atoms with Gasteiger partial charge in [-0.2, -0.15) is 0 Å². The van der Waals surface area contributed by atoms with Gasteiger partial charge in [0.15, 0.2) is 5.84 Å². The van der Waals surface area contributed by atoms with Crippen LogP contribution >= 0.6 is 0 Å². The maximum atomic E-state index is 12.9. The summed E-state index contributed by atoms with van der Waals surface area (Å²) in [7, 11) is 0. The van der Waals surface area contributed by atoms with Crippen LogP contribution in [0, 0.1) is 6.92 Å². The highest BCUT2D eigenvalue weighted by atomic mass is 16.1. The molecular weight excluding hydrogens is 382 g/mol. The fraction of sp³-hybridized carbons (Fsp3) is 0.0370. The van der Waals surface area contributed by atoms with E-state index in [-0.39, 0.29) is 5.91 Å². The average Bonchev–Trinajstić information content (AvgIpc) is 2.81. The van der Waals surface area contributed by atoms with E-state index in [1.54, 1.807) is 12.1 Å². The number of benzene rings is 4. The Balaban J connectivity index is 1.58. The SMILES string of the molecule is Cc1ccc(/C=C(\NC(=O)c2ccccc2)C2=Nc3cccc4cccc(c34)N2)cc1. The van der Waals surface area contributed by atoms with Gasteiger partial charge in [-0.3, -0.25) is 4.79 Å². The molecule has 0 aromatic heterocycles. The molecule has 5 rings (SSSR count). The molecule has 0 saturated heterocycles. The maximum Gasteiger partial charge on any atom is 0.255 e. The predicted molar refractivity (Wildman–Crippen MR) is 128 cm³/mol. The lowest BCUT2D eigenvalue weighted by atomic mass is 10.0. The Bertz CT molecular complexity index is 1330. The summed E-state index contributed by atoms with van der Waals surface area (Å²) in [6.07, 6.45) is 1.94. The van der Waals surface area contributed by atoms with Gasteiger partial charge in [-0.1, -0.05) is 72.3 Å². The summed E-state index contributed by atoms with van der Waals surface area (Å²) in [6.45, 7) is 2.05. The molecule has 31 heavy (non-hydrogen) atoms. The standard InChI is InChI=1S/C27H21N3O/c1-18-13-15-19(16-14-18)17-24(30-27(31)21-7-3-2-4-8-21)26-28-22-11-5-9-20-10-6-12-23(29-26)25(20)22/h2-17H,1H3,(H,28,29)(H,30,31)/b24-17-. The second kappa shape index (κ2) is 7.92. The molecule has 1 amide bonds. The normalized spacial score (nSPS) is 12.8. The lowest BCUT2D eigenvalue weighted by molar-refractivity contribution is 0.0968. The van der Waals surface area contributed by atoms with Gasteiger partial charge in [-0.15, -0.1) is 0 Å². The van der Waals surface area contributed by atoms with Crippen molar-refractivity contribution in [3.63, 3.8) is 0 Å². The van der Waals surface area contributed by atoms with Gasteiger partial charge in [0.2, 0.25) is 0 Å². The van der Waals surface area contributed by atoms with Gasteiger partial charge in [0.1, 0.15) is 0 Å². The number of aryl methyl sites for hydroxylation is 1. The first kappa shape index (κ1) is 18.8. The summed E-state index contributed by atoms with van der Waals surface area (Å²) < 4.78 is 0. The van der Waals surface area contributed by atoms with Crippen molar-refractivity contribution in [2.24, 2.45) is 4.99 Å². The molecule has 0 aliphatic carbocycles. The van der Waals surface area contributed by atoms with E-state index in [0.29, 0.717) is 17.1 Å². The topological polar surface area (TPSA) is 53.5 Å². The van der Waals surface area contributed by atoms with Crippen LogP contribution in [0.5, 0.6) is 0 Å². The third kappa shape index (κ3) is 3.83. The van der Waals surface area contributed by atoms with E-state index >= 15 is 0 Å². The molecule has 0 spiro atoms. The van der Waals surface area contributed by atoms with E-state index in [2.05, 4.69) is 41.8 Å². The Hall–Kier alpha value is -4.18. The van der Waals surface area contributed by atoms with Crippen molar-refractivity contribution < 1.29 is 4.79 Å². The van der Waals surface area contributed by atoms with Crippen molar-refractivity contribution in [2.75, 3.05) is 5.32 Å². The number of hydrogen-bond acceptors (Lipinski definition) is 3. The van der Waals surface area contributed by atoms with Crippen molar-refractivity contribution in [1.29, 1.82) is 0 Å². The molecule has 1 aliphatic heterocycles. The molecular formula is C27H21N3O. The first-order valence-corrected chi connectivity index (χ1v) is 10.2. The Morgan fingerprint density at radius 1 is 0.871 bits per heavy atom. The predicted octanol–water partition coefficient (Wildman–Crippen LogP) is 6.07. The largest absolute Gasteiger partial charge is 0.338 e. The van der Waals surface area contributed by atoms with E-state index in [9.17, 15) is 4.79 Å². The number of amides is 1. The lowest BCUT2D eigenvalue weighted by Crippen LogP contribution is -2.31. The van der Waals surface area contributed by atoms with E-state index in [1.807, 2.05) is 60.7 Å². The lowest BCUT2D eigenvalue weighted by Gasteiger charge is -2.21. The van der Waals surface area contributed by atoms with Crippen molar-refractivity contribution in [1.82, 2.24) is 5.32 Å². The molecule has 4 nitrogen and oxygen atoms in total. The first-order valence-electron chi connectivity index (χ1n) is 10.2. The number of nitrogens with zero attached hydrogens (tertiary/aromatic N) is 1. The van der Waals surface area contributed by atoms with Gasteiger partial charge in [0.05, 0.1) is 11.4 Å². The second-order valence-corrected chi connectivity index (χ2v) is 7.56. The molecule has 0 fully saturated rings. The molecule has 1 heterocycles. The molecule has 0 radical (unpaired) electrons. The van der Waals surface area contributed by atoms with E-state index in [4.69, 9.17) is 4.99 Å². The van der Waals surface area contributed by atoms with Crippen LogP contribution in [-0.4, -0.2) is 11.7 Å². The Labute approximate surface area is 181 Å². The number of nitrogens with one attached hydrogen (secondary N) is 2. The van der Waals surface area contributed by atoms with Crippen LogP contribution in [-0.2, 0) is 0 Å². The van der Waals surface area contributed by atoms with E-state index in [0.717, 1.165) is 27.7 Å². The molecule has 0 unspecified atom stereocenters. The number of hydrogen-bond donors (Lipinski definition) is 2. The highest BCUT2D eigenvalue weighted by molar-refractivity contribution is 6.21. The summed E-state index contributed by atoms with van der Waals surface area (Å²) in [5, 5.41) is 8.68. The van der Waals surface area contributed by atoms with Crippen molar-refractivity contribution in [2.45, 2.75) is 6.92 Å². The van der Waals surface area contributed by atoms with Gasteiger partial charge in [0.25, 0.3) is 5.91 Å². The number of aliphatic imine (C=N–C) groups is 1. The fourth-order valence-corrected chi connectivity index (χ4v) is 3.70. The van der Waals surface area contributed by atoms with Crippen LogP contribution in [0.2, 0.25) is 0 Å². The first-order chi connectivity index (χ1) is 15.2. The molecule has 4 aromatic rings. The van der Waals surface area contributed by atoms with Gasteiger partial charge < -0.3 is 10.6 Å². The second-order valence-electron chi connectivity index (χ2n) is 7.56. The molecule has 0 saturated carbocycles. The molecule has 0 bridgehead atoms. The minimum atomic E-state index is -0.180. The molecule has 150 valence electrons. The summed E-state index contributed by atoms with van der Waals surface area (Å²) >= 11 is 0. The zero-order valence-corrected chi connectivity index (χ0v) is 17.1. The van der Waals surface area contributed by atoms with Crippen LogP contribution in [0.25, 0.3) is 16.8 Å². The van der Waals surface area contributed by atoms with Crippen LogP contribution in [0.15, 0.2) is 102 Å². The van der Waals surface area contributed by atoms with Crippen LogP contribution in [0.3, 0.4) is 0 Å². The molecule has 0 atom stereocenters. The third-order valence-electron chi connectivity index (χ3n) is 5.30. The summed E-state index contributed by atoms with van der Waals surface area (Å²) in [5.74, 6) is 0.427. The highest BCUT2D eigenvalue weighted by Crippen LogP contribution is 2.36. The Morgan fingerprint density at radius 3 is 2.39 bits per heavy atom. The molecule has 1 aliphatic rings. The third-order valence-corrected chi connectivity index (χ3v) is 5.30. The monoisotopic (exact) mass is 403 g/mol. The fourth-order valence-electron chi connectivity index (χ4n) is 3.70. The zero-order valence-electron chi connectivity index (χ0n) is 17.1. The summed E-state index contributed by atoms with van der Waals surface area (Å²) in [6, 6.07) is 29.5. The Morgan fingerprint density at radius 2 is 1.61 bits per heavy atom. The van der Waals surface area contributed by atoms with Gasteiger partial charge in [-0.25, -0.2) is 4.99 Å².